The van der Waals surface area contributed by atoms with Crippen LogP contribution in [0.3, 0.4) is 0 Å². The molecule has 0 aromatic rings. The number of unbranched alkanes of at least 4 members (excludes halogenated alkanes) is 49. The number of carbonyl (C=O) groups is 4. The van der Waals surface area contributed by atoms with Crippen molar-refractivity contribution in [2.24, 2.45) is 11.8 Å². The molecule has 0 heterocycles. The molecule has 0 spiro atoms. The molecule has 19 heteroatoms. The quantitative estimate of drug-likeness (QED) is 0.0222. The molecule has 0 rings (SSSR count). The van der Waals surface area contributed by atoms with E-state index in [0.29, 0.717) is 25.7 Å². The van der Waals surface area contributed by atoms with Crippen molar-refractivity contribution in [3.8, 4) is 0 Å². The summed E-state index contributed by atoms with van der Waals surface area (Å²) in [5.74, 6) is -0.534. The zero-order valence-electron chi connectivity index (χ0n) is 64.8. The van der Waals surface area contributed by atoms with E-state index >= 15 is 0 Å². The van der Waals surface area contributed by atoms with Crippen LogP contribution in [0.5, 0.6) is 0 Å². The molecule has 0 fully saturated rings. The van der Waals surface area contributed by atoms with Gasteiger partial charge in [-0.1, -0.05) is 369 Å². The van der Waals surface area contributed by atoms with Crippen LogP contribution in [-0.2, 0) is 65.4 Å². The minimum absolute atomic E-state index is 0.107. The Hall–Kier alpha value is -1.94. The van der Waals surface area contributed by atoms with Gasteiger partial charge in [-0.05, 0) is 37.5 Å². The highest BCUT2D eigenvalue weighted by molar-refractivity contribution is 7.47. The first-order valence-electron chi connectivity index (χ1n) is 41.5. The van der Waals surface area contributed by atoms with E-state index in [0.717, 1.165) is 108 Å². The Kier molecular flexibility index (Phi) is 70.3. The van der Waals surface area contributed by atoms with Crippen molar-refractivity contribution < 1.29 is 80.2 Å². The van der Waals surface area contributed by atoms with Crippen LogP contribution in [0.15, 0.2) is 0 Å². The summed E-state index contributed by atoms with van der Waals surface area (Å²) in [7, 11) is -9.91. The summed E-state index contributed by atoms with van der Waals surface area (Å²) in [4.78, 5) is 72.9. The maximum absolute atomic E-state index is 13.1. The van der Waals surface area contributed by atoms with Crippen molar-refractivity contribution in [2.75, 3.05) is 39.6 Å². The number of rotatable bonds is 79. The predicted octanol–water partition coefficient (Wildman–Crippen LogP) is 23.9. The van der Waals surface area contributed by atoms with E-state index in [2.05, 4.69) is 41.5 Å². The van der Waals surface area contributed by atoms with Crippen molar-refractivity contribution in [1.29, 1.82) is 0 Å². The number of phosphoric ester groups is 2. The normalized spacial score (nSPS) is 13.9. The van der Waals surface area contributed by atoms with Gasteiger partial charge in [0, 0.05) is 25.7 Å². The van der Waals surface area contributed by atoms with Crippen LogP contribution in [0.4, 0.5) is 0 Å². The molecular formula is C80H156O17P2. The first kappa shape index (κ1) is 97.1. The molecule has 0 aliphatic rings. The molecular weight excluding hydrogens is 1290 g/mol. The first-order chi connectivity index (χ1) is 47.9. The Bertz CT molecular complexity index is 1910. The highest BCUT2D eigenvalue weighted by Crippen LogP contribution is 2.45. The van der Waals surface area contributed by atoms with Gasteiger partial charge in [-0.2, -0.15) is 0 Å². The SMILES string of the molecule is CCCCCCCCCCCCCCCCCCCCCC(=O)O[C@H](COC(=O)CCCCCCCCCCCCCCCC(C)C)COP(=O)(O)OC[C@@H](O)COP(=O)(O)OC[C@@H](COC(=O)CCCCCCCCCC)OC(=O)CCCCCCCCCCCCCCCC(C)C. The monoisotopic (exact) mass is 1450 g/mol. The van der Waals surface area contributed by atoms with Crippen LogP contribution in [-0.4, -0.2) is 96.7 Å². The van der Waals surface area contributed by atoms with Gasteiger partial charge in [0.2, 0.25) is 0 Å². The Morgan fingerprint density at radius 2 is 0.465 bits per heavy atom. The highest BCUT2D eigenvalue weighted by atomic mass is 31.2. The zero-order chi connectivity index (χ0) is 72.8. The third kappa shape index (κ3) is 74.1. The van der Waals surface area contributed by atoms with Crippen LogP contribution in [0.1, 0.15) is 420 Å². The molecule has 0 aliphatic carbocycles. The maximum Gasteiger partial charge on any atom is 0.472 e. The van der Waals surface area contributed by atoms with E-state index < -0.39 is 97.5 Å². The number of hydrogen-bond donors (Lipinski definition) is 3. The molecule has 0 saturated carbocycles. The van der Waals surface area contributed by atoms with Crippen molar-refractivity contribution >= 4 is 39.5 Å². The van der Waals surface area contributed by atoms with Gasteiger partial charge in [0.05, 0.1) is 26.4 Å². The van der Waals surface area contributed by atoms with Gasteiger partial charge >= 0.3 is 39.5 Å². The average molecular weight is 1450 g/mol. The summed E-state index contributed by atoms with van der Waals surface area (Å²) >= 11 is 0. The molecule has 3 N–H and O–H groups in total. The van der Waals surface area contributed by atoms with E-state index in [9.17, 15) is 43.2 Å². The molecule has 0 aromatic heterocycles. The first-order valence-corrected chi connectivity index (χ1v) is 44.5. The minimum atomic E-state index is -4.96. The number of aliphatic hydroxyl groups is 1. The Balaban J connectivity index is 5.20. The lowest BCUT2D eigenvalue weighted by atomic mass is 10.0. The van der Waals surface area contributed by atoms with Crippen LogP contribution in [0, 0.1) is 11.8 Å². The summed E-state index contributed by atoms with van der Waals surface area (Å²) in [6.45, 7) is 9.64. The molecule has 588 valence electrons. The lowest BCUT2D eigenvalue weighted by Crippen LogP contribution is -2.30. The van der Waals surface area contributed by atoms with Gasteiger partial charge in [0.1, 0.15) is 19.3 Å². The van der Waals surface area contributed by atoms with Crippen LogP contribution >= 0.6 is 15.6 Å². The van der Waals surface area contributed by atoms with E-state index in [1.165, 1.54) is 231 Å². The predicted molar refractivity (Wildman–Crippen MR) is 405 cm³/mol. The highest BCUT2D eigenvalue weighted by Gasteiger charge is 2.30. The van der Waals surface area contributed by atoms with Gasteiger partial charge in [0.25, 0.3) is 0 Å². The molecule has 5 atom stereocenters. The van der Waals surface area contributed by atoms with Crippen molar-refractivity contribution in [3.63, 3.8) is 0 Å². The van der Waals surface area contributed by atoms with Crippen molar-refractivity contribution in [3.05, 3.63) is 0 Å². The fraction of sp³-hybridized carbons (Fsp3) is 0.950. The van der Waals surface area contributed by atoms with Gasteiger partial charge in [-0.25, -0.2) is 9.13 Å². The van der Waals surface area contributed by atoms with E-state index in [1.54, 1.807) is 0 Å². The molecule has 99 heavy (non-hydrogen) atoms. The lowest BCUT2D eigenvalue weighted by Gasteiger charge is -2.21. The van der Waals surface area contributed by atoms with Gasteiger partial charge in [-0.15, -0.1) is 0 Å². The lowest BCUT2D eigenvalue weighted by molar-refractivity contribution is -0.161. The van der Waals surface area contributed by atoms with E-state index in [-0.39, 0.29) is 25.7 Å². The Morgan fingerprint density at radius 1 is 0.273 bits per heavy atom. The number of carbonyl (C=O) groups excluding carboxylic acids is 4. The molecule has 0 aliphatic heterocycles. The van der Waals surface area contributed by atoms with Crippen molar-refractivity contribution in [1.82, 2.24) is 0 Å². The second-order valence-electron chi connectivity index (χ2n) is 29.8. The average Bonchev–Trinajstić information content (AvgIpc) is 1.01. The number of ether oxygens (including phenoxy) is 4. The summed E-state index contributed by atoms with van der Waals surface area (Å²) in [5.41, 5.74) is 0. The fourth-order valence-electron chi connectivity index (χ4n) is 12.4. The Morgan fingerprint density at radius 3 is 0.687 bits per heavy atom. The molecule has 17 nitrogen and oxygen atoms in total. The van der Waals surface area contributed by atoms with E-state index in [1.807, 2.05) is 0 Å². The van der Waals surface area contributed by atoms with Crippen LogP contribution in [0.25, 0.3) is 0 Å². The molecule has 2 unspecified atom stereocenters. The van der Waals surface area contributed by atoms with Gasteiger partial charge < -0.3 is 33.8 Å². The van der Waals surface area contributed by atoms with Crippen LogP contribution in [0.2, 0.25) is 0 Å². The third-order valence-corrected chi connectivity index (χ3v) is 20.6. The smallest absolute Gasteiger partial charge is 0.462 e. The molecule has 0 radical (unpaired) electrons. The number of esters is 4. The summed E-state index contributed by atoms with van der Waals surface area (Å²) < 4.78 is 68.6. The topological polar surface area (TPSA) is 237 Å². The fourth-order valence-corrected chi connectivity index (χ4v) is 13.9. The minimum Gasteiger partial charge on any atom is -0.462 e. The number of hydrogen-bond acceptors (Lipinski definition) is 15. The number of phosphoric acid groups is 2. The van der Waals surface area contributed by atoms with Gasteiger partial charge in [0.15, 0.2) is 12.2 Å². The second kappa shape index (κ2) is 71.7. The Labute approximate surface area is 607 Å². The van der Waals surface area contributed by atoms with Crippen LogP contribution < -0.4 is 0 Å². The molecule has 0 aromatic carbocycles. The largest absolute Gasteiger partial charge is 0.472 e. The standard InChI is InChI=1S/C80H156O17P2/c1-7-9-11-13-15-17-18-19-20-21-22-23-24-29-35-40-46-52-58-64-80(85)97-76(69-91-78(83)63-57-51-45-39-34-30-25-27-32-37-42-48-54-60-72(3)4)71-95-99(88,89)93-67-74(81)66-92-98(86,87)94-70-75(68-90-77(82)62-56-50-44-16-14-12-10-8-2)96-79(84)65-59-53-47-41-36-31-26-28-33-38-43-49-55-61-73(5)6/h72-76,81H,7-71H2,1-6H3,(H,86,87)(H,88,89)/t74-,75+,76+/m0/s1. The maximum atomic E-state index is 13.1. The summed E-state index contributed by atoms with van der Waals surface area (Å²) in [6, 6.07) is 0. The van der Waals surface area contributed by atoms with Gasteiger partial charge in [-0.3, -0.25) is 37.3 Å². The second-order valence-corrected chi connectivity index (χ2v) is 32.7. The molecule has 0 saturated heterocycles. The molecule has 0 bridgehead atoms. The van der Waals surface area contributed by atoms with E-state index in [4.69, 9.17) is 37.0 Å². The molecule has 0 amide bonds. The summed E-state index contributed by atoms with van der Waals surface area (Å²) in [6.07, 6.45) is 61.1. The van der Waals surface area contributed by atoms with Crippen molar-refractivity contribution in [2.45, 2.75) is 439 Å². The number of aliphatic hydroxyl groups excluding tert-OH is 1. The summed E-state index contributed by atoms with van der Waals surface area (Å²) in [5, 5.41) is 10.6. The zero-order valence-corrected chi connectivity index (χ0v) is 66.6. The third-order valence-electron chi connectivity index (χ3n) is 18.7.